The Hall–Kier alpha value is -1.58. The number of aromatic nitrogens is 1. The van der Waals surface area contributed by atoms with E-state index in [4.69, 9.17) is 15.0 Å². The number of hydrogen-bond donors (Lipinski definition) is 1. The maximum Gasteiger partial charge on any atom is 0.193 e. The molecule has 11 heavy (non-hydrogen) atoms. The molecule has 0 unspecified atom stereocenters. The van der Waals surface area contributed by atoms with E-state index >= 15 is 0 Å². The number of fused-ring (bicyclic) bond motifs is 1. The number of furan rings is 1. The summed E-state index contributed by atoms with van der Waals surface area (Å²) in [6.07, 6.45) is 1.77. The molecule has 2 aromatic heterocycles. The molecular formula is C7H8N2O2. The average molecular weight is 152 g/mol. The van der Waals surface area contributed by atoms with Crippen LogP contribution in [0.25, 0.3) is 11.1 Å². The van der Waals surface area contributed by atoms with E-state index in [-0.39, 0.29) is 0 Å². The van der Waals surface area contributed by atoms with Gasteiger partial charge in [0.05, 0.1) is 0 Å². The van der Waals surface area contributed by atoms with E-state index in [1.54, 1.807) is 30.2 Å². The van der Waals surface area contributed by atoms with Crippen molar-refractivity contribution >= 4 is 17.0 Å². The van der Waals surface area contributed by atoms with Gasteiger partial charge in [-0.1, -0.05) is 0 Å². The Bertz CT molecular complexity index is 375. The zero-order chi connectivity index (χ0) is 7.84. The molecule has 0 saturated carbocycles. The number of nitrogens with zero attached hydrogens (tertiary/aromatic N) is 1. The quantitative estimate of drug-likeness (QED) is 0.659. The third-order valence-corrected chi connectivity index (χ3v) is 1.55. The fourth-order valence-electron chi connectivity index (χ4n) is 1.08. The van der Waals surface area contributed by atoms with Crippen molar-refractivity contribution in [1.29, 1.82) is 0 Å². The molecule has 2 N–H and O–H groups in total. The minimum Gasteiger partial charge on any atom is -0.439 e. The lowest BCUT2D eigenvalue weighted by Gasteiger charge is -1.97. The fraction of sp³-hybridized carbons (Fsp3) is 0.143. The van der Waals surface area contributed by atoms with E-state index in [1.165, 1.54) is 0 Å². The van der Waals surface area contributed by atoms with Crippen LogP contribution in [0.3, 0.4) is 0 Å². The molecular weight excluding hydrogens is 144 g/mol. The van der Waals surface area contributed by atoms with Crippen LogP contribution < -0.4 is 10.6 Å². The van der Waals surface area contributed by atoms with Gasteiger partial charge in [-0.15, -0.1) is 0 Å². The number of nitrogen functional groups attached to an aromatic ring is 1. The predicted octanol–water partition coefficient (Wildman–Crippen LogP) is 0.875. The standard InChI is InChI=1S/C7H8N2O2/c1-10-9-3-2-6-5(9)4-7(8)11-6/h2-4H,8H2,1H3. The Morgan fingerprint density at radius 1 is 1.64 bits per heavy atom. The Labute approximate surface area is 63.1 Å². The van der Waals surface area contributed by atoms with E-state index in [0.717, 1.165) is 11.1 Å². The lowest BCUT2D eigenvalue weighted by atomic mass is 10.5. The molecule has 0 aliphatic carbocycles. The van der Waals surface area contributed by atoms with Crippen LogP contribution in [0, 0.1) is 0 Å². The van der Waals surface area contributed by atoms with Crippen molar-refractivity contribution in [2.24, 2.45) is 0 Å². The van der Waals surface area contributed by atoms with Gasteiger partial charge >= 0.3 is 0 Å². The second-order valence-corrected chi connectivity index (χ2v) is 2.22. The van der Waals surface area contributed by atoms with E-state index in [0.29, 0.717) is 5.88 Å². The van der Waals surface area contributed by atoms with Crippen molar-refractivity contribution in [3.05, 3.63) is 18.3 Å². The summed E-state index contributed by atoms with van der Waals surface area (Å²) in [6.45, 7) is 0. The highest BCUT2D eigenvalue weighted by molar-refractivity contribution is 5.77. The molecule has 0 radical (unpaired) electrons. The van der Waals surface area contributed by atoms with Gasteiger partial charge in [0.25, 0.3) is 0 Å². The van der Waals surface area contributed by atoms with Crippen LogP contribution in [0.5, 0.6) is 0 Å². The van der Waals surface area contributed by atoms with Crippen LogP contribution in [0.2, 0.25) is 0 Å². The molecule has 2 rings (SSSR count). The third kappa shape index (κ3) is 0.756. The third-order valence-electron chi connectivity index (χ3n) is 1.55. The van der Waals surface area contributed by atoms with Crippen LogP contribution in [0.15, 0.2) is 22.7 Å². The first-order valence-corrected chi connectivity index (χ1v) is 3.22. The summed E-state index contributed by atoms with van der Waals surface area (Å²) in [5.74, 6) is 0.404. The highest BCUT2D eigenvalue weighted by atomic mass is 16.6. The molecule has 0 atom stereocenters. The second-order valence-electron chi connectivity index (χ2n) is 2.22. The number of rotatable bonds is 1. The van der Waals surface area contributed by atoms with Crippen molar-refractivity contribution in [3.8, 4) is 0 Å². The van der Waals surface area contributed by atoms with Gasteiger partial charge in [0.15, 0.2) is 11.5 Å². The molecule has 4 nitrogen and oxygen atoms in total. The fourth-order valence-corrected chi connectivity index (χ4v) is 1.08. The first kappa shape index (κ1) is 6.15. The van der Waals surface area contributed by atoms with Gasteiger partial charge in [-0.05, 0) is 0 Å². The Kier molecular flexibility index (Phi) is 1.09. The van der Waals surface area contributed by atoms with E-state index in [2.05, 4.69) is 0 Å². The Morgan fingerprint density at radius 2 is 2.45 bits per heavy atom. The maximum atomic E-state index is 5.42. The van der Waals surface area contributed by atoms with Crippen molar-refractivity contribution in [3.63, 3.8) is 0 Å². The van der Waals surface area contributed by atoms with Gasteiger partial charge < -0.3 is 15.0 Å². The molecule has 2 heterocycles. The molecule has 0 fully saturated rings. The van der Waals surface area contributed by atoms with E-state index < -0.39 is 0 Å². The molecule has 2 aromatic rings. The number of nitrogens with two attached hydrogens (primary N) is 1. The van der Waals surface area contributed by atoms with Crippen LogP contribution in [0.4, 0.5) is 5.88 Å². The van der Waals surface area contributed by atoms with Gasteiger partial charge in [-0.3, -0.25) is 0 Å². The first-order chi connectivity index (χ1) is 5.31. The summed E-state index contributed by atoms with van der Waals surface area (Å²) >= 11 is 0. The average Bonchev–Trinajstić information content (AvgIpc) is 2.45. The maximum absolute atomic E-state index is 5.42. The Balaban J connectivity index is 2.73. The van der Waals surface area contributed by atoms with E-state index in [9.17, 15) is 0 Å². The van der Waals surface area contributed by atoms with Gasteiger partial charge in [0.1, 0.15) is 12.6 Å². The highest BCUT2D eigenvalue weighted by Crippen LogP contribution is 2.20. The molecule has 0 bridgehead atoms. The summed E-state index contributed by atoms with van der Waals surface area (Å²) in [5, 5.41) is 0. The summed E-state index contributed by atoms with van der Waals surface area (Å²) in [4.78, 5) is 4.98. The monoisotopic (exact) mass is 152 g/mol. The SMILES string of the molecule is COn1ccc2oc(N)cc21. The zero-order valence-corrected chi connectivity index (χ0v) is 6.07. The largest absolute Gasteiger partial charge is 0.439 e. The highest BCUT2D eigenvalue weighted by Gasteiger charge is 2.05. The van der Waals surface area contributed by atoms with Crippen LogP contribution in [-0.4, -0.2) is 11.8 Å². The van der Waals surface area contributed by atoms with Crippen LogP contribution >= 0.6 is 0 Å². The normalized spacial score (nSPS) is 10.6. The van der Waals surface area contributed by atoms with Gasteiger partial charge in [0, 0.05) is 18.3 Å². The number of hydrogen-bond acceptors (Lipinski definition) is 3. The van der Waals surface area contributed by atoms with Gasteiger partial charge in [-0.25, -0.2) is 0 Å². The van der Waals surface area contributed by atoms with Crippen molar-refractivity contribution < 1.29 is 9.25 Å². The Morgan fingerprint density at radius 3 is 3.18 bits per heavy atom. The van der Waals surface area contributed by atoms with Crippen molar-refractivity contribution in [1.82, 2.24) is 4.73 Å². The lowest BCUT2D eigenvalue weighted by Crippen LogP contribution is -2.01. The van der Waals surface area contributed by atoms with Crippen LogP contribution in [-0.2, 0) is 0 Å². The van der Waals surface area contributed by atoms with Crippen molar-refractivity contribution in [2.75, 3.05) is 12.8 Å². The predicted molar refractivity (Wildman–Crippen MR) is 41.1 cm³/mol. The zero-order valence-electron chi connectivity index (χ0n) is 6.07. The molecule has 0 saturated heterocycles. The summed E-state index contributed by atoms with van der Waals surface area (Å²) in [7, 11) is 1.59. The molecule has 4 heteroatoms. The lowest BCUT2D eigenvalue weighted by molar-refractivity contribution is 0.179. The molecule has 0 aliphatic rings. The molecule has 0 spiro atoms. The summed E-state index contributed by atoms with van der Waals surface area (Å²) in [5.41, 5.74) is 7.02. The molecule has 0 aliphatic heterocycles. The minimum atomic E-state index is 0.404. The van der Waals surface area contributed by atoms with Crippen LogP contribution in [0.1, 0.15) is 0 Å². The van der Waals surface area contributed by atoms with Crippen molar-refractivity contribution in [2.45, 2.75) is 0 Å². The second kappa shape index (κ2) is 1.95. The van der Waals surface area contributed by atoms with E-state index in [1.807, 2.05) is 0 Å². The summed E-state index contributed by atoms with van der Waals surface area (Å²) < 4.78 is 6.72. The van der Waals surface area contributed by atoms with Gasteiger partial charge in [-0.2, -0.15) is 4.73 Å². The number of anilines is 1. The topological polar surface area (TPSA) is 53.3 Å². The molecule has 58 valence electrons. The molecule has 0 amide bonds. The molecule has 0 aromatic carbocycles. The summed E-state index contributed by atoms with van der Waals surface area (Å²) in [6, 6.07) is 3.52. The smallest absolute Gasteiger partial charge is 0.193 e. The minimum absolute atomic E-state index is 0.404. The first-order valence-electron chi connectivity index (χ1n) is 3.22. The van der Waals surface area contributed by atoms with Gasteiger partial charge in [0.2, 0.25) is 0 Å².